The van der Waals surface area contributed by atoms with Crippen molar-refractivity contribution in [2.45, 2.75) is 37.6 Å². The Balaban J connectivity index is 1.61. The lowest BCUT2D eigenvalue weighted by Gasteiger charge is -2.38. The summed E-state index contributed by atoms with van der Waals surface area (Å²) in [6.45, 7) is 3.08. The number of rotatable bonds is 5. The zero-order valence-corrected chi connectivity index (χ0v) is 16.0. The summed E-state index contributed by atoms with van der Waals surface area (Å²) in [7, 11) is 1.84. The van der Waals surface area contributed by atoms with Gasteiger partial charge in [0.25, 0.3) is 0 Å². The zero-order chi connectivity index (χ0) is 20.5. The first-order valence-electron chi connectivity index (χ1n) is 9.36. The molecule has 154 valence electrons. The molecule has 0 aliphatic carbocycles. The van der Waals surface area contributed by atoms with E-state index in [2.05, 4.69) is 4.98 Å². The van der Waals surface area contributed by atoms with E-state index in [1.807, 2.05) is 11.9 Å². The van der Waals surface area contributed by atoms with Crippen molar-refractivity contribution in [2.75, 3.05) is 19.6 Å². The summed E-state index contributed by atoms with van der Waals surface area (Å²) in [5.41, 5.74) is -1.91. The molecule has 0 bridgehead atoms. The highest BCUT2D eigenvalue weighted by molar-refractivity contribution is 5.29. The first-order valence-corrected chi connectivity index (χ1v) is 9.36. The number of imidazole rings is 1. The van der Waals surface area contributed by atoms with Gasteiger partial charge in [0.05, 0.1) is 11.2 Å². The highest BCUT2D eigenvalue weighted by Gasteiger charge is 2.35. The number of aliphatic hydroxyl groups is 2. The second-order valence-corrected chi connectivity index (χ2v) is 7.81. The van der Waals surface area contributed by atoms with Gasteiger partial charge in [-0.25, -0.2) is 4.98 Å². The molecule has 28 heavy (non-hydrogen) atoms. The number of alkyl halides is 3. The topological polar surface area (TPSA) is 61.5 Å². The number of hydrogen-bond donors (Lipinski definition) is 2. The molecule has 1 aromatic carbocycles. The van der Waals surface area contributed by atoms with Crippen molar-refractivity contribution in [3.05, 3.63) is 53.6 Å². The fraction of sp³-hybridized carbons (Fsp3) is 0.550. The smallest absolute Gasteiger partial charge is 0.385 e. The summed E-state index contributed by atoms with van der Waals surface area (Å²) in [6, 6.07) is 4.86. The van der Waals surface area contributed by atoms with E-state index in [0.29, 0.717) is 18.9 Å². The maximum atomic E-state index is 13.0. The zero-order valence-electron chi connectivity index (χ0n) is 16.0. The van der Waals surface area contributed by atoms with Crippen molar-refractivity contribution in [1.82, 2.24) is 14.5 Å². The van der Waals surface area contributed by atoms with Crippen LogP contribution in [0.25, 0.3) is 0 Å². The van der Waals surface area contributed by atoms with Gasteiger partial charge in [0, 0.05) is 26.0 Å². The van der Waals surface area contributed by atoms with Crippen LogP contribution >= 0.6 is 0 Å². The molecule has 0 amide bonds. The normalized spacial score (nSPS) is 20.1. The van der Waals surface area contributed by atoms with Gasteiger partial charge >= 0.3 is 6.18 Å². The molecule has 0 spiro atoms. The van der Waals surface area contributed by atoms with Crippen molar-refractivity contribution in [3.8, 4) is 0 Å². The molecule has 0 saturated carbocycles. The average molecular weight is 397 g/mol. The first-order chi connectivity index (χ1) is 13.1. The van der Waals surface area contributed by atoms with E-state index in [-0.39, 0.29) is 18.0 Å². The van der Waals surface area contributed by atoms with Crippen LogP contribution < -0.4 is 0 Å². The van der Waals surface area contributed by atoms with Crippen LogP contribution in [-0.4, -0.2) is 44.3 Å². The molecule has 8 heteroatoms. The van der Waals surface area contributed by atoms with Gasteiger partial charge in [0.1, 0.15) is 11.9 Å². The van der Waals surface area contributed by atoms with E-state index in [4.69, 9.17) is 0 Å². The van der Waals surface area contributed by atoms with Crippen LogP contribution in [0.3, 0.4) is 0 Å². The highest BCUT2D eigenvalue weighted by atomic mass is 19.4. The number of likely N-dealkylation sites (tertiary alicyclic amines) is 1. The molecule has 2 atom stereocenters. The average Bonchev–Trinajstić information content (AvgIpc) is 3.07. The molecule has 5 nitrogen and oxygen atoms in total. The third kappa shape index (κ3) is 4.56. The van der Waals surface area contributed by atoms with E-state index in [1.54, 1.807) is 17.0 Å². The van der Waals surface area contributed by atoms with E-state index >= 15 is 0 Å². The van der Waals surface area contributed by atoms with Crippen molar-refractivity contribution in [1.29, 1.82) is 0 Å². The van der Waals surface area contributed by atoms with Crippen LogP contribution in [0, 0.1) is 5.92 Å². The summed E-state index contributed by atoms with van der Waals surface area (Å²) in [5, 5.41) is 21.4. The van der Waals surface area contributed by atoms with Crippen LogP contribution in [0.5, 0.6) is 0 Å². The number of nitrogens with zero attached hydrogens (tertiary/aromatic N) is 3. The molecule has 3 rings (SSSR count). The molecule has 1 aromatic heterocycles. The predicted molar refractivity (Wildman–Crippen MR) is 98.3 cm³/mol. The second kappa shape index (κ2) is 7.85. The van der Waals surface area contributed by atoms with Gasteiger partial charge in [0.15, 0.2) is 0 Å². The van der Waals surface area contributed by atoms with Crippen molar-refractivity contribution in [2.24, 2.45) is 13.0 Å². The number of halogens is 3. The number of β-amino-alcohol motifs (C(OH)–C–C–N with tert-alkyl or cyclic N) is 1. The number of hydrogen-bond acceptors (Lipinski definition) is 4. The number of aliphatic hydroxyl groups excluding tert-OH is 1. The lowest BCUT2D eigenvalue weighted by Crippen LogP contribution is -2.44. The molecular weight excluding hydrogens is 371 g/mol. The lowest BCUT2D eigenvalue weighted by atomic mass is 9.88. The summed E-state index contributed by atoms with van der Waals surface area (Å²) >= 11 is 0. The minimum atomic E-state index is -4.44. The maximum Gasteiger partial charge on any atom is 0.416 e. The monoisotopic (exact) mass is 397 g/mol. The molecule has 2 aromatic rings. The Morgan fingerprint density at radius 1 is 1.21 bits per heavy atom. The molecule has 0 unspecified atom stereocenters. The molecule has 1 aliphatic rings. The van der Waals surface area contributed by atoms with Crippen molar-refractivity contribution >= 4 is 0 Å². The molecule has 1 aliphatic heterocycles. The Bertz CT molecular complexity index is 796. The minimum absolute atomic E-state index is 0.0656. The number of aromatic nitrogens is 2. The molecule has 1 fully saturated rings. The SMILES string of the molecule is Cn1ccnc1[C@@H](O)C1CCN(C[C@](C)(O)c2cccc(C(F)(F)F)c2)CC1. The molecular formula is C20H26F3N3O2. The van der Waals surface area contributed by atoms with Crippen LogP contribution in [0.4, 0.5) is 13.2 Å². The van der Waals surface area contributed by atoms with Crippen LogP contribution in [0.2, 0.25) is 0 Å². The van der Waals surface area contributed by atoms with Gasteiger partial charge < -0.3 is 19.7 Å². The quantitative estimate of drug-likeness (QED) is 0.814. The Labute approximate surface area is 162 Å². The van der Waals surface area contributed by atoms with Gasteiger partial charge in [-0.05, 0) is 56.5 Å². The van der Waals surface area contributed by atoms with E-state index in [0.717, 1.165) is 25.0 Å². The van der Waals surface area contributed by atoms with Gasteiger partial charge in [-0.1, -0.05) is 12.1 Å². The van der Waals surface area contributed by atoms with Crippen LogP contribution in [0.1, 0.15) is 42.8 Å². The highest BCUT2D eigenvalue weighted by Crippen LogP contribution is 2.34. The minimum Gasteiger partial charge on any atom is -0.385 e. The van der Waals surface area contributed by atoms with Crippen LogP contribution in [0.15, 0.2) is 36.7 Å². The van der Waals surface area contributed by atoms with Gasteiger partial charge in [-0.3, -0.25) is 0 Å². The maximum absolute atomic E-state index is 13.0. The standard InChI is InChI=1S/C20H26F3N3O2/c1-19(28,15-4-3-5-16(12-15)20(21,22)23)13-26-9-6-14(7-10-26)17(27)18-24-8-11-25(18)2/h3-5,8,11-12,14,17,27-28H,6-7,9-10,13H2,1-2H3/t17-,19-/m0/s1. The number of benzene rings is 1. The summed E-state index contributed by atoms with van der Waals surface area (Å²) in [6.07, 6.45) is -0.184. The van der Waals surface area contributed by atoms with Gasteiger partial charge in [0.2, 0.25) is 0 Å². The Morgan fingerprint density at radius 2 is 1.86 bits per heavy atom. The Hall–Kier alpha value is -1.90. The molecule has 2 N–H and O–H groups in total. The third-order valence-electron chi connectivity index (χ3n) is 5.55. The van der Waals surface area contributed by atoms with E-state index < -0.39 is 23.4 Å². The first kappa shape index (κ1) is 20.8. The molecule has 0 radical (unpaired) electrons. The van der Waals surface area contributed by atoms with Crippen molar-refractivity contribution < 1.29 is 23.4 Å². The van der Waals surface area contributed by atoms with Crippen LogP contribution in [-0.2, 0) is 18.8 Å². The fourth-order valence-corrected chi connectivity index (χ4v) is 3.86. The second-order valence-electron chi connectivity index (χ2n) is 7.81. The Kier molecular flexibility index (Phi) is 5.84. The summed E-state index contributed by atoms with van der Waals surface area (Å²) in [4.78, 5) is 6.23. The third-order valence-corrected chi connectivity index (χ3v) is 5.55. The molecule has 2 heterocycles. The number of piperidine rings is 1. The van der Waals surface area contributed by atoms with Gasteiger partial charge in [-0.2, -0.15) is 13.2 Å². The van der Waals surface area contributed by atoms with E-state index in [9.17, 15) is 23.4 Å². The summed E-state index contributed by atoms with van der Waals surface area (Å²) < 4.78 is 40.7. The Morgan fingerprint density at radius 3 is 2.43 bits per heavy atom. The largest absolute Gasteiger partial charge is 0.416 e. The van der Waals surface area contributed by atoms with E-state index in [1.165, 1.54) is 19.1 Å². The fourth-order valence-electron chi connectivity index (χ4n) is 3.86. The summed E-state index contributed by atoms with van der Waals surface area (Å²) in [5.74, 6) is 0.699. The lowest BCUT2D eigenvalue weighted by molar-refractivity contribution is -0.137. The molecule has 1 saturated heterocycles. The predicted octanol–water partition coefficient (Wildman–Crippen LogP) is 3.09. The van der Waals surface area contributed by atoms with Crippen molar-refractivity contribution in [3.63, 3.8) is 0 Å². The number of aryl methyl sites for hydroxylation is 1. The van der Waals surface area contributed by atoms with Gasteiger partial charge in [-0.15, -0.1) is 0 Å².